The van der Waals surface area contributed by atoms with Crippen LogP contribution in [0.1, 0.15) is 20.8 Å². The molecule has 0 aromatic heterocycles. The first kappa shape index (κ1) is 15.6. The fourth-order valence-corrected chi connectivity index (χ4v) is 3.00. The fraction of sp³-hybridized carbons (Fsp3) is 0.917. The van der Waals surface area contributed by atoms with Crippen LogP contribution in [0.2, 0.25) is 18.1 Å². The van der Waals surface area contributed by atoms with Gasteiger partial charge in [0.1, 0.15) is 0 Å². The third kappa shape index (κ3) is 3.78. The summed E-state index contributed by atoms with van der Waals surface area (Å²) in [5.41, 5.74) is 0. The molecule has 1 heterocycles. The van der Waals surface area contributed by atoms with Crippen molar-refractivity contribution in [2.45, 2.75) is 51.1 Å². The maximum Gasteiger partial charge on any atom is 0.333 e. The predicted molar refractivity (Wildman–Crippen MR) is 72.2 cm³/mol. The van der Waals surface area contributed by atoms with Crippen LogP contribution in [0.4, 0.5) is 0 Å². The van der Waals surface area contributed by atoms with Crippen molar-refractivity contribution >= 4 is 14.3 Å². The third-order valence-electron chi connectivity index (χ3n) is 3.91. The molecule has 0 aromatic carbocycles. The highest BCUT2D eigenvalue weighted by atomic mass is 28.4. The first-order chi connectivity index (χ1) is 8.03. The fourth-order valence-electron chi connectivity index (χ4n) is 1.66. The topological polar surface area (TPSA) is 70.0 Å². The molecule has 0 radical (unpaired) electrons. The van der Waals surface area contributed by atoms with E-state index in [2.05, 4.69) is 33.9 Å². The van der Waals surface area contributed by atoms with E-state index in [-0.39, 0.29) is 17.7 Å². The Morgan fingerprint density at radius 2 is 1.94 bits per heavy atom. The molecule has 106 valence electrons. The Morgan fingerprint density at radius 1 is 1.44 bits per heavy atom. The molecular weight excluding hydrogens is 250 g/mol. The largest absolute Gasteiger partial charge is 0.479 e. The van der Waals surface area contributed by atoms with E-state index in [0.717, 1.165) is 13.1 Å². The van der Waals surface area contributed by atoms with Gasteiger partial charge in [-0.3, -0.25) is 4.90 Å². The number of carbonyl (C=O) groups is 1. The molecule has 0 unspecified atom stereocenters. The van der Waals surface area contributed by atoms with Crippen molar-refractivity contribution in [3.8, 4) is 0 Å². The molecule has 0 bridgehead atoms. The molecule has 6 heteroatoms. The predicted octanol–water partition coefficient (Wildman–Crippen LogP) is 1.14. The van der Waals surface area contributed by atoms with Crippen molar-refractivity contribution < 1.29 is 19.4 Å². The lowest BCUT2D eigenvalue weighted by Gasteiger charge is -2.46. The van der Waals surface area contributed by atoms with E-state index >= 15 is 0 Å². The summed E-state index contributed by atoms with van der Waals surface area (Å²) in [6.45, 7) is 12.6. The summed E-state index contributed by atoms with van der Waals surface area (Å²) in [7, 11) is -1.73. The van der Waals surface area contributed by atoms with E-state index in [4.69, 9.17) is 9.53 Å². The number of carboxylic acids is 1. The number of aliphatic hydroxyl groups is 1. The summed E-state index contributed by atoms with van der Waals surface area (Å²) in [5, 5.41) is 18.0. The monoisotopic (exact) mass is 275 g/mol. The average Bonchev–Trinajstić information content (AvgIpc) is 2.11. The van der Waals surface area contributed by atoms with Gasteiger partial charge in [0.25, 0.3) is 0 Å². The minimum absolute atomic E-state index is 0.187. The van der Waals surface area contributed by atoms with Gasteiger partial charge in [-0.05, 0) is 18.1 Å². The molecule has 1 aliphatic heterocycles. The van der Waals surface area contributed by atoms with Crippen molar-refractivity contribution in [3.63, 3.8) is 0 Å². The second-order valence-electron chi connectivity index (χ2n) is 6.57. The zero-order chi connectivity index (χ0) is 14.1. The molecule has 1 fully saturated rings. The van der Waals surface area contributed by atoms with E-state index in [1.165, 1.54) is 0 Å². The second kappa shape index (κ2) is 5.28. The van der Waals surface area contributed by atoms with Crippen LogP contribution >= 0.6 is 0 Å². The van der Waals surface area contributed by atoms with Gasteiger partial charge in [0.05, 0.1) is 6.10 Å². The third-order valence-corrected chi connectivity index (χ3v) is 8.44. The average molecular weight is 275 g/mol. The summed E-state index contributed by atoms with van der Waals surface area (Å²) >= 11 is 0. The highest BCUT2D eigenvalue weighted by Gasteiger charge is 2.42. The Hall–Kier alpha value is -0.433. The highest BCUT2D eigenvalue weighted by molar-refractivity contribution is 6.74. The molecule has 0 aliphatic carbocycles. The van der Waals surface area contributed by atoms with Crippen LogP contribution in [0.3, 0.4) is 0 Å². The Morgan fingerprint density at radius 3 is 2.33 bits per heavy atom. The summed E-state index contributed by atoms with van der Waals surface area (Å²) in [6.07, 6.45) is -1.11. The summed E-state index contributed by atoms with van der Waals surface area (Å²) in [4.78, 5) is 12.4. The van der Waals surface area contributed by atoms with E-state index in [1.807, 2.05) is 4.90 Å². The first-order valence-corrected chi connectivity index (χ1v) is 9.25. The van der Waals surface area contributed by atoms with Crippen molar-refractivity contribution in [2.75, 3.05) is 19.6 Å². The van der Waals surface area contributed by atoms with Crippen LogP contribution in [0, 0.1) is 0 Å². The van der Waals surface area contributed by atoms with Crippen LogP contribution < -0.4 is 0 Å². The van der Waals surface area contributed by atoms with Gasteiger partial charge in [0.2, 0.25) is 0 Å². The molecule has 18 heavy (non-hydrogen) atoms. The quantitative estimate of drug-likeness (QED) is 0.736. The zero-order valence-electron chi connectivity index (χ0n) is 11.9. The van der Waals surface area contributed by atoms with Gasteiger partial charge in [0.15, 0.2) is 14.4 Å². The van der Waals surface area contributed by atoms with Crippen LogP contribution in [0.5, 0.6) is 0 Å². The molecule has 1 saturated heterocycles. The van der Waals surface area contributed by atoms with Crippen molar-refractivity contribution in [3.05, 3.63) is 0 Å². The lowest BCUT2D eigenvalue weighted by molar-refractivity contribution is -0.149. The summed E-state index contributed by atoms with van der Waals surface area (Å²) in [6, 6.07) is 0. The molecule has 0 saturated carbocycles. The SMILES string of the molecule is CC(C)(C)[Si](C)(C)OC1CN(C[C@H](O)C(=O)O)C1. The van der Waals surface area contributed by atoms with Crippen LogP contribution in [0.15, 0.2) is 0 Å². The number of carboxylic acid groups (broad SMARTS) is 1. The van der Waals surface area contributed by atoms with Gasteiger partial charge < -0.3 is 14.6 Å². The van der Waals surface area contributed by atoms with Gasteiger partial charge >= 0.3 is 5.97 Å². The van der Waals surface area contributed by atoms with E-state index in [0.29, 0.717) is 0 Å². The Labute approximate surface area is 110 Å². The van der Waals surface area contributed by atoms with Crippen LogP contribution in [0.25, 0.3) is 0 Å². The molecular formula is C12H25NO4Si. The smallest absolute Gasteiger partial charge is 0.333 e. The van der Waals surface area contributed by atoms with Gasteiger partial charge in [-0.25, -0.2) is 4.79 Å². The number of β-amino-alcohol motifs (C(OH)–C–C–N with tert-alkyl or cyclic N) is 1. The maximum absolute atomic E-state index is 10.5. The summed E-state index contributed by atoms with van der Waals surface area (Å²) < 4.78 is 6.18. The number of hydrogen-bond acceptors (Lipinski definition) is 4. The molecule has 2 N–H and O–H groups in total. The number of rotatable bonds is 5. The molecule has 0 aromatic rings. The summed E-state index contributed by atoms with van der Waals surface area (Å²) in [5.74, 6) is -1.16. The minimum atomic E-state index is -1.73. The number of likely N-dealkylation sites (tertiary alicyclic amines) is 1. The van der Waals surface area contributed by atoms with E-state index in [9.17, 15) is 9.90 Å². The van der Waals surface area contributed by atoms with E-state index < -0.39 is 20.4 Å². The van der Waals surface area contributed by atoms with E-state index in [1.54, 1.807) is 0 Å². The number of aliphatic hydroxyl groups excluding tert-OH is 1. The molecule has 1 aliphatic rings. The van der Waals surface area contributed by atoms with Crippen molar-refractivity contribution in [2.24, 2.45) is 0 Å². The van der Waals surface area contributed by atoms with Gasteiger partial charge in [0, 0.05) is 19.6 Å². The normalized spacial score (nSPS) is 20.6. The van der Waals surface area contributed by atoms with Crippen molar-refractivity contribution in [1.29, 1.82) is 0 Å². The molecule has 5 nitrogen and oxygen atoms in total. The van der Waals surface area contributed by atoms with Crippen LogP contribution in [-0.4, -0.2) is 61.2 Å². The van der Waals surface area contributed by atoms with Gasteiger partial charge in [-0.2, -0.15) is 0 Å². The molecule has 0 spiro atoms. The standard InChI is InChI=1S/C12H25NO4Si/c1-12(2,3)18(4,5)17-9-6-13(7-9)8-10(14)11(15)16/h9-10,14H,6-8H2,1-5H3,(H,15,16)/t10-/m0/s1. The van der Waals surface area contributed by atoms with Crippen molar-refractivity contribution in [1.82, 2.24) is 4.90 Å². The minimum Gasteiger partial charge on any atom is -0.479 e. The lowest BCUT2D eigenvalue weighted by atomic mass is 10.1. The van der Waals surface area contributed by atoms with Gasteiger partial charge in [-0.15, -0.1) is 0 Å². The molecule has 0 amide bonds. The Bertz CT molecular complexity index is 308. The number of hydrogen-bond donors (Lipinski definition) is 2. The Balaban J connectivity index is 2.34. The van der Waals surface area contributed by atoms with Crippen LogP contribution in [-0.2, 0) is 9.22 Å². The zero-order valence-corrected chi connectivity index (χ0v) is 12.9. The molecule has 1 atom stereocenters. The Kier molecular flexibility index (Phi) is 4.59. The lowest BCUT2D eigenvalue weighted by Crippen LogP contribution is -2.59. The number of aliphatic carboxylic acids is 1. The number of nitrogens with zero attached hydrogens (tertiary/aromatic N) is 1. The highest BCUT2D eigenvalue weighted by Crippen LogP contribution is 2.38. The second-order valence-corrected chi connectivity index (χ2v) is 11.3. The van der Waals surface area contributed by atoms with Gasteiger partial charge in [-0.1, -0.05) is 20.8 Å². The first-order valence-electron chi connectivity index (χ1n) is 6.34. The maximum atomic E-state index is 10.5. The molecule has 1 rings (SSSR count).